The lowest BCUT2D eigenvalue weighted by atomic mass is 10.0. The molecule has 0 aliphatic carbocycles. The number of carbonyl (C=O) groups is 2. The summed E-state index contributed by atoms with van der Waals surface area (Å²) in [5.41, 5.74) is -0.0168. The number of amides is 2. The number of likely N-dealkylation sites (N-methyl/N-ethyl adjacent to an activating group) is 1. The number of hydrogen-bond donors (Lipinski definition) is 1. The molecule has 2 amide bonds. The number of hydrogen-bond acceptors (Lipinski definition) is 4. The van der Waals surface area contributed by atoms with Gasteiger partial charge in [0.05, 0.1) is 0 Å². The molecule has 6 nitrogen and oxygen atoms in total. The van der Waals surface area contributed by atoms with E-state index in [-0.39, 0.29) is 0 Å². The van der Waals surface area contributed by atoms with Crippen LogP contribution in [0.15, 0.2) is 42.6 Å². The smallest absolute Gasteiger partial charge is 0.281 e. The SMILES string of the molecule is Cc1cccc(NC(=O)C2(C)Oc3cccnc3N(C)C2=O)c1. The number of aryl methyl sites for hydroxylation is 1. The average Bonchev–Trinajstić information content (AvgIpc) is 2.53. The first-order chi connectivity index (χ1) is 10.9. The van der Waals surface area contributed by atoms with Crippen LogP contribution in [0.5, 0.6) is 5.75 Å². The van der Waals surface area contributed by atoms with Gasteiger partial charge in [0.25, 0.3) is 17.4 Å². The Labute approximate surface area is 134 Å². The fourth-order valence-electron chi connectivity index (χ4n) is 2.51. The highest BCUT2D eigenvalue weighted by Crippen LogP contribution is 2.35. The fraction of sp³-hybridized carbons (Fsp3) is 0.235. The Bertz CT molecular complexity index is 790. The van der Waals surface area contributed by atoms with E-state index in [4.69, 9.17) is 4.74 Å². The Morgan fingerprint density at radius 2 is 2.09 bits per heavy atom. The van der Waals surface area contributed by atoms with Gasteiger partial charge in [0.2, 0.25) is 0 Å². The van der Waals surface area contributed by atoms with Crippen molar-refractivity contribution in [1.82, 2.24) is 4.98 Å². The molecule has 0 saturated heterocycles. The Balaban J connectivity index is 1.92. The van der Waals surface area contributed by atoms with E-state index in [9.17, 15) is 9.59 Å². The standard InChI is InChI=1S/C17H17N3O3/c1-11-6-4-7-12(10-11)19-15(21)17(2)16(22)20(3)14-13(23-17)8-5-9-18-14/h4-10H,1-3H3,(H,19,21). The van der Waals surface area contributed by atoms with Crippen LogP contribution in [0.4, 0.5) is 11.5 Å². The maximum absolute atomic E-state index is 12.7. The predicted molar refractivity (Wildman–Crippen MR) is 86.5 cm³/mol. The van der Waals surface area contributed by atoms with E-state index in [1.165, 1.54) is 11.8 Å². The zero-order valence-corrected chi connectivity index (χ0v) is 13.2. The van der Waals surface area contributed by atoms with E-state index in [0.29, 0.717) is 17.3 Å². The third kappa shape index (κ3) is 2.52. The zero-order valence-electron chi connectivity index (χ0n) is 13.2. The summed E-state index contributed by atoms with van der Waals surface area (Å²) in [5.74, 6) is -0.182. The summed E-state index contributed by atoms with van der Waals surface area (Å²) >= 11 is 0. The third-order valence-corrected chi connectivity index (χ3v) is 3.80. The highest BCUT2D eigenvalue weighted by Gasteiger charge is 2.50. The molecule has 2 heterocycles. The molecule has 3 rings (SSSR count). The van der Waals surface area contributed by atoms with Crippen LogP contribution in [0, 0.1) is 6.92 Å². The normalized spacial score (nSPS) is 19.8. The number of nitrogens with one attached hydrogen (secondary N) is 1. The van der Waals surface area contributed by atoms with E-state index in [2.05, 4.69) is 10.3 Å². The van der Waals surface area contributed by atoms with Crippen LogP contribution in [0.2, 0.25) is 0 Å². The van der Waals surface area contributed by atoms with E-state index >= 15 is 0 Å². The number of benzene rings is 1. The van der Waals surface area contributed by atoms with Gasteiger partial charge >= 0.3 is 0 Å². The van der Waals surface area contributed by atoms with Gasteiger partial charge in [-0.3, -0.25) is 14.5 Å². The minimum Gasteiger partial charge on any atom is -0.464 e. The van der Waals surface area contributed by atoms with Gasteiger partial charge in [-0.05, 0) is 43.7 Å². The number of carbonyl (C=O) groups excluding carboxylic acids is 2. The maximum Gasteiger partial charge on any atom is 0.281 e. The predicted octanol–water partition coefficient (Wildman–Crippen LogP) is 2.14. The number of ether oxygens (including phenoxy) is 1. The number of rotatable bonds is 2. The molecule has 0 saturated carbocycles. The van der Waals surface area contributed by atoms with E-state index in [0.717, 1.165) is 5.56 Å². The van der Waals surface area contributed by atoms with E-state index in [1.54, 1.807) is 31.4 Å². The summed E-state index contributed by atoms with van der Waals surface area (Å²) < 4.78 is 5.70. The number of fused-ring (bicyclic) bond motifs is 1. The van der Waals surface area contributed by atoms with Crippen molar-refractivity contribution in [3.05, 3.63) is 48.2 Å². The first-order valence-corrected chi connectivity index (χ1v) is 7.22. The van der Waals surface area contributed by atoms with Crippen molar-refractivity contribution in [2.45, 2.75) is 19.4 Å². The van der Waals surface area contributed by atoms with Gasteiger partial charge in [-0.25, -0.2) is 4.98 Å². The Morgan fingerprint density at radius 3 is 2.83 bits per heavy atom. The second-order valence-electron chi connectivity index (χ2n) is 5.65. The molecule has 1 aliphatic rings. The highest BCUT2D eigenvalue weighted by atomic mass is 16.5. The molecule has 0 radical (unpaired) electrons. The van der Waals surface area contributed by atoms with Gasteiger partial charge in [-0.15, -0.1) is 0 Å². The van der Waals surface area contributed by atoms with Crippen LogP contribution in [-0.2, 0) is 9.59 Å². The number of aromatic nitrogens is 1. The summed E-state index contributed by atoms with van der Waals surface area (Å²) in [6.07, 6.45) is 1.57. The summed E-state index contributed by atoms with van der Waals surface area (Å²) in [6, 6.07) is 10.7. The summed E-state index contributed by atoms with van der Waals surface area (Å²) in [7, 11) is 1.58. The number of nitrogens with zero attached hydrogens (tertiary/aromatic N) is 2. The first-order valence-electron chi connectivity index (χ1n) is 7.22. The molecule has 2 aromatic rings. The second-order valence-corrected chi connectivity index (χ2v) is 5.65. The molecule has 1 atom stereocenters. The minimum atomic E-state index is -1.64. The molecular weight excluding hydrogens is 294 g/mol. The van der Waals surface area contributed by atoms with Crippen molar-refractivity contribution in [3.63, 3.8) is 0 Å². The monoisotopic (exact) mass is 311 g/mol. The maximum atomic E-state index is 12.7. The minimum absolute atomic E-state index is 0.400. The van der Waals surface area contributed by atoms with Gasteiger partial charge in [0.1, 0.15) is 0 Å². The van der Waals surface area contributed by atoms with Crippen molar-refractivity contribution in [2.24, 2.45) is 0 Å². The topological polar surface area (TPSA) is 71.5 Å². The quantitative estimate of drug-likeness (QED) is 0.863. The van der Waals surface area contributed by atoms with E-state index in [1.807, 2.05) is 25.1 Å². The van der Waals surface area contributed by atoms with Crippen LogP contribution in [0.25, 0.3) is 0 Å². The van der Waals surface area contributed by atoms with Crippen molar-refractivity contribution in [2.75, 3.05) is 17.3 Å². The lowest BCUT2D eigenvalue weighted by molar-refractivity contribution is -0.145. The van der Waals surface area contributed by atoms with Crippen LogP contribution in [-0.4, -0.2) is 29.4 Å². The first kappa shape index (κ1) is 15.0. The Morgan fingerprint density at radius 1 is 1.30 bits per heavy atom. The second kappa shape index (κ2) is 5.39. The lowest BCUT2D eigenvalue weighted by Crippen LogP contribution is -2.60. The van der Waals surface area contributed by atoms with Crippen molar-refractivity contribution in [3.8, 4) is 5.75 Å². The fourth-order valence-corrected chi connectivity index (χ4v) is 2.51. The van der Waals surface area contributed by atoms with Crippen molar-refractivity contribution in [1.29, 1.82) is 0 Å². The largest absolute Gasteiger partial charge is 0.464 e. The number of anilines is 2. The molecule has 1 unspecified atom stereocenters. The van der Waals surface area contributed by atoms with Gasteiger partial charge in [-0.1, -0.05) is 12.1 Å². The molecule has 1 aromatic heterocycles. The molecule has 1 N–H and O–H groups in total. The van der Waals surface area contributed by atoms with E-state index < -0.39 is 17.4 Å². The molecular formula is C17H17N3O3. The average molecular weight is 311 g/mol. The van der Waals surface area contributed by atoms with Gasteiger partial charge in [-0.2, -0.15) is 0 Å². The van der Waals surface area contributed by atoms with Crippen molar-refractivity contribution < 1.29 is 14.3 Å². The van der Waals surface area contributed by atoms with Gasteiger partial charge in [0.15, 0.2) is 11.6 Å². The Hall–Kier alpha value is -2.89. The van der Waals surface area contributed by atoms with Crippen molar-refractivity contribution >= 4 is 23.3 Å². The molecule has 6 heteroatoms. The Kier molecular flexibility index (Phi) is 3.52. The molecule has 23 heavy (non-hydrogen) atoms. The third-order valence-electron chi connectivity index (χ3n) is 3.80. The molecule has 0 spiro atoms. The summed E-state index contributed by atoms with van der Waals surface area (Å²) in [5, 5.41) is 2.74. The number of pyridine rings is 1. The lowest BCUT2D eigenvalue weighted by Gasteiger charge is -2.36. The van der Waals surface area contributed by atoms with Crippen LogP contribution in [0.1, 0.15) is 12.5 Å². The summed E-state index contributed by atoms with van der Waals surface area (Å²) in [4.78, 5) is 30.7. The van der Waals surface area contributed by atoms with Crippen LogP contribution < -0.4 is 15.0 Å². The molecule has 0 fully saturated rings. The van der Waals surface area contributed by atoms with Gasteiger partial charge < -0.3 is 10.1 Å². The highest BCUT2D eigenvalue weighted by molar-refractivity contribution is 6.19. The molecule has 0 bridgehead atoms. The molecule has 1 aromatic carbocycles. The zero-order chi connectivity index (χ0) is 16.6. The molecule has 118 valence electrons. The van der Waals surface area contributed by atoms with Crippen LogP contribution >= 0.6 is 0 Å². The molecule has 1 aliphatic heterocycles. The van der Waals surface area contributed by atoms with Crippen LogP contribution in [0.3, 0.4) is 0 Å². The van der Waals surface area contributed by atoms with Gasteiger partial charge in [0, 0.05) is 18.9 Å². The summed E-state index contributed by atoms with van der Waals surface area (Å²) in [6.45, 7) is 3.39.